The van der Waals surface area contributed by atoms with Gasteiger partial charge in [0.15, 0.2) is 0 Å². The number of aromatic hydroxyl groups is 1. The highest BCUT2D eigenvalue weighted by Crippen LogP contribution is 2.51. The number of phenolic OH excluding ortho intramolecular Hbond substituents is 1. The number of aliphatic hydroxyl groups is 1. The Balaban J connectivity index is 1.64. The van der Waals surface area contributed by atoms with E-state index in [4.69, 9.17) is 0 Å². The number of aromatic amines is 1. The quantitative estimate of drug-likeness (QED) is 0.113. The molecule has 3 atom stereocenters. The topological polar surface area (TPSA) is 56.2 Å². The molecule has 3 unspecified atom stereocenters. The van der Waals surface area contributed by atoms with Crippen LogP contribution in [-0.4, -0.2) is 33.8 Å². The Labute approximate surface area is 277 Å². The summed E-state index contributed by atoms with van der Waals surface area (Å²) in [5.74, 6) is 1.21. The standard InChI is InChI=1S/C42H43NO2S/c1-46-25-24-34-16-8-10-18-39(34)42(28-32-12-4-2-5-13-32,36(30-44)27-35-29-43-41-19-11-9-17-38(35)41)40(33-14-6-3-7-15-33)26-31-20-22-37(45)23-21-31/h2-23,29,36,40,43-45H,24-28,30H2,1H3. The van der Waals surface area contributed by atoms with Crippen molar-refractivity contribution in [3.8, 4) is 5.75 Å². The van der Waals surface area contributed by atoms with Gasteiger partial charge in [0.05, 0.1) is 0 Å². The largest absolute Gasteiger partial charge is 0.508 e. The highest BCUT2D eigenvalue weighted by atomic mass is 32.2. The van der Waals surface area contributed by atoms with Crippen LogP contribution in [0, 0.1) is 5.92 Å². The minimum Gasteiger partial charge on any atom is -0.508 e. The number of aliphatic hydroxyl groups excluding tert-OH is 1. The van der Waals surface area contributed by atoms with E-state index in [-0.39, 0.29) is 24.2 Å². The summed E-state index contributed by atoms with van der Waals surface area (Å²) in [4.78, 5) is 3.50. The van der Waals surface area contributed by atoms with E-state index in [1.807, 2.05) is 23.9 Å². The van der Waals surface area contributed by atoms with Gasteiger partial charge in [-0.05, 0) is 101 Å². The Morgan fingerprint density at radius 2 is 1.37 bits per heavy atom. The van der Waals surface area contributed by atoms with Gasteiger partial charge in [-0.15, -0.1) is 0 Å². The molecular formula is C42H43NO2S. The first-order valence-corrected chi connectivity index (χ1v) is 17.6. The van der Waals surface area contributed by atoms with Crippen molar-refractivity contribution in [2.45, 2.75) is 37.0 Å². The summed E-state index contributed by atoms with van der Waals surface area (Å²) in [6, 6.07) is 46.8. The summed E-state index contributed by atoms with van der Waals surface area (Å²) in [6.07, 6.45) is 7.53. The minimum atomic E-state index is -0.483. The fourth-order valence-corrected chi connectivity index (χ4v) is 7.94. The summed E-state index contributed by atoms with van der Waals surface area (Å²) in [5, 5.41) is 23.1. The molecule has 0 saturated heterocycles. The maximum absolute atomic E-state index is 11.7. The van der Waals surface area contributed by atoms with Crippen molar-refractivity contribution in [3.63, 3.8) is 0 Å². The SMILES string of the molecule is CSCCc1ccccc1C(Cc1ccccc1)(C(CO)Cc1c[nH]c2ccccc12)C(Cc1ccc(O)cc1)c1ccccc1. The first-order chi connectivity index (χ1) is 22.6. The Morgan fingerprint density at radius 1 is 0.696 bits per heavy atom. The summed E-state index contributed by atoms with van der Waals surface area (Å²) < 4.78 is 0. The summed E-state index contributed by atoms with van der Waals surface area (Å²) in [6.45, 7) is 0.0438. The summed E-state index contributed by atoms with van der Waals surface area (Å²) in [5.41, 5.74) is 8.19. The molecule has 234 valence electrons. The van der Waals surface area contributed by atoms with Crippen LogP contribution in [-0.2, 0) is 31.1 Å². The second kappa shape index (κ2) is 14.9. The third kappa shape index (κ3) is 6.79. The van der Waals surface area contributed by atoms with E-state index < -0.39 is 5.41 Å². The summed E-state index contributed by atoms with van der Waals surface area (Å²) >= 11 is 1.87. The van der Waals surface area contributed by atoms with Gasteiger partial charge in [0.25, 0.3) is 0 Å². The molecule has 0 aliphatic heterocycles. The molecular weight excluding hydrogens is 583 g/mol. The van der Waals surface area contributed by atoms with Crippen LogP contribution in [0.4, 0.5) is 0 Å². The Morgan fingerprint density at radius 3 is 2.11 bits per heavy atom. The summed E-state index contributed by atoms with van der Waals surface area (Å²) in [7, 11) is 0. The fourth-order valence-electron chi connectivity index (χ4n) is 7.52. The third-order valence-corrected chi connectivity index (χ3v) is 10.3. The van der Waals surface area contributed by atoms with Crippen molar-refractivity contribution >= 4 is 22.7 Å². The average Bonchev–Trinajstić information content (AvgIpc) is 3.52. The maximum atomic E-state index is 11.7. The van der Waals surface area contributed by atoms with E-state index in [9.17, 15) is 10.2 Å². The molecule has 0 aliphatic carbocycles. The molecule has 3 N–H and O–H groups in total. The molecule has 3 nitrogen and oxygen atoms in total. The lowest BCUT2D eigenvalue weighted by Gasteiger charge is -2.48. The van der Waals surface area contributed by atoms with Crippen LogP contribution >= 0.6 is 11.8 Å². The molecule has 1 aromatic heterocycles. The van der Waals surface area contributed by atoms with Gasteiger partial charge in [0, 0.05) is 29.1 Å². The van der Waals surface area contributed by atoms with Crippen molar-refractivity contribution in [2.24, 2.45) is 5.92 Å². The molecule has 0 spiro atoms. The highest BCUT2D eigenvalue weighted by Gasteiger charge is 2.48. The van der Waals surface area contributed by atoms with E-state index in [0.29, 0.717) is 0 Å². The Bertz CT molecular complexity index is 1820. The zero-order valence-electron chi connectivity index (χ0n) is 26.5. The van der Waals surface area contributed by atoms with Gasteiger partial charge in [0.1, 0.15) is 5.75 Å². The van der Waals surface area contributed by atoms with E-state index in [1.54, 1.807) is 12.1 Å². The van der Waals surface area contributed by atoms with Gasteiger partial charge in [-0.2, -0.15) is 11.8 Å². The Hall–Kier alpha value is -4.25. The van der Waals surface area contributed by atoms with E-state index in [1.165, 1.54) is 33.2 Å². The first-order valence-electron chi connectivity index (χ1n) is 16.2. The number of H-pyrrole nitrogens is 1. The zero-order chi connectivity index (χ0) is 31.8. The Kier molecular flexibility index (Phi) is 10.3. The maximum Gasteiger partial charge on any atom is 0.115 e. The van der Waals surface area contributed by atoms with E-state index in [0.717, 1.165) is 42.5 Å². The smallest absolute Gasteiger partial charge is 0.115 e. The van der Waals surface area contributed by atoms with Gasteiger partial charge in [-0.1, -0.05) is 115 Å². The first kappa shape index (κ1) is 31.7. The number of phenols is 1. The number of para-hydroxylation sites is 1. The van der Waals surface area contributed by atoms with Crippen molar-refractivity contribution in [2.75, 3.05) is 18.6 Å². The molecule has 46 heavy (non-hydrogen) atoms. The predicted octanol–water partition coefficient (Wildman–Crippen LogP) is 9.14. The number of benzene rings is 5. The zero-order valence-corrected chi connectivity index (χ0v) is 27.3. The number of fused-ring (bicyclic) bond motifs is 1. The second-order valence-electron chi connectivity index (χ2n) is 12.4. The lowest BCUT2D eigenvalue weighted by molar-refractivity contribution is 0.122. The van der Waals surface area contributed by atoms with E-state index >= 15 is 0 Å². The van der Waals surface area contributed by atoms with Gasteiger partial charge < -0.3 is 15.2 Å². The highest BCUT2D eigenvalue weighted by molar-refractivity contribution is 7.98. The fraction of sp³-hybridized carbons (Fsp3) is 0.238. The molecule has 6 aromatic rings. The monoisotopic (exact) mass is 625 g/mol. The van der Waals surface area contributed by atoms with Crippen molar-refractivity contribution in [1.82, 2.24) is 4.98 Å². The minimum absolute atomic E-state index is 0.0243. The average molecular weight is 626 g/mol. The predicted molar refractivity (Wildman–Crippen MR) is 194 cm³/mol. The number of thioether (sulfide) groups is 1. The van der Waals surface area contributed by atoms with Crippen LogP contribution in [0.2, 0.25) is 0 Å². The van der Waals surface area contributed by atoms with Crippen molar-refractivity contribution < 1.29 is 10.2 Å². The number of aryl methyl sites for hydroxylation is 1. The lowest BCUT2D eigenvalue weighted by Crippen LogP contribution is -2.47. The van der Waals surface area contributed by atoms with Gasteiger partial charge in [0.2, 0.25) is 0 Å². The number of aromatic nitrogens is 1. The molecule has 1 heterocycles. The second-order valence-corrected chi connectivity index (χ2v) is 13.4. The van der Waals surface area contributed by atoms with Crippen molar-refractivity contribution in [3.05, 3.63) is 173 Å². The number of hydrogen-bond acceptors (Lipinski definition) is 3. The number of rotatable bonds is 14. The number of hydrogen-bond donors (Lipinski definition) is 3. The number of nitrogens with one attached hydrogen (secondary N) is 1. The molecule has 4 heteroatoms. The van der Waals surface area contributed by atoms with E-state index in [2.05, 4.69) is 127 Å². The van der Waals surface area contributed by atoms with Crippen LogP contribution in [0.3, 0.4) is 0 Å². The van der Waals surface area contributed by atoms with Crippen LogP contribution in [0.5, 0.6) is 5.75 Å². The van der Waals surface area contributed by atoms with Gasteiger partial charge in [-0.25, -0.2) is 0 Å². The normalized spacial score (nSPS) is 14.1. The van der Waals surface area contributed by atoms with Gasteiger partial charge >= 0.3 is 0 Å². The molecule has 0 radical (unpaired) electrons. The lowest BCUT2D eigenvalue weighted by atomic mass is 9.55. The van der Waals surface area contributed by atoms with Gasteiger partial charge in [-0.3, -0.25) is 0 Å². The molecule has 0 saturated carbocycles. The molecule has 0 bridgehead atoms. The van der Waals surface area contributed by atoms with Crippen LogP contribution in [0.15, 0.2) is 140 Å². The van der Waals surface area contributed by atoms with Crippen molar-refractivity contribution in [1.29, 1.82) is 0 Å². The molecule has 0 fully saturated rings. The molecule has 6 rings (SSSR count). The molecule has 5 aromatic carbocycles. The third-order valence-electron chi connectivity index (χ3n) is 9.72. The van der Waals surface area contributed by atoms with Crippen LogP contribution in [0.25, 0.3) is 10.9 Å². The van der Waals surface area contributed by atoms with Crippen LogP contribution < -0.4 is 0 Å². The van der Waals surface area contributed by atoms with Crippen LogP contribution in [0.1, 0.15) is 39.3 Å². The molecule has 0 aliphatic rings. The molecule has 0 amide bonds.